The van der Waals surface area contributed by atoms with Crippen molar-refractivity contribution in [2.24, 2.45) is 0 Å². The molecule has 1 N–H and O–H groups in total. The molecule has 2 aromatic carbocycles. The first kappa shape index (κ1) is 20.2. The van der Waals surface area contributed by atoms with Crippen molar-refractivity contribution in [3.05, 3.63) is 71.1 Å². The Kier molecular flexibility index (Phi) is 5.71. The minimum Gasteiger partial charge on any atom is -0.497 e. The van der Waals surface area contributed by atoms with Crippen LogP contribution in [0.2, 0.25) is 0 Å². The van der Waals surface area contributed by atoms with E-state index in [-0.39, 0.29) is 23.1 Å². The Morgan fingerprint density at radius 1 is 1.07 bits per heavy atom. The molecule has 1 amide bonds. The monoisotopic (exact) mass is 409 g/mol. The number of methoxy groups -OCH3 is 2. The lowest BCUT2D eigenvalue weighted by Gasteiger charge is -2.10. The van der Waals surface area contributed by atoms with Gasteiger partial charge in [-0.1, -0.05) is 0 Å². The van der Waals surface area contributed by atoms with E-state index in [9.17, 15) is 22.4 Å². The molecule has 0 spiro atoms. The second kappa shape index (κ2) is 8.21. The molecule has 0 saturated heterocycles. The number of nitrogens with one attached hydrogen (secondary N) is 1. The third-order valence-electron chi connectivity index (χ3n) is 4.07. The van der Waals surface area contributed by atoms with E-state index < -0.39 is 41.3 Å². The maximum Gasteiger partial charge on any atom is 0.259 e. The number of hydrogen-bond acceptors (Lipinski definition) is 4. The SMILES string of the molecule is COc1ccc(C(=O)Nc2cnn(Cc3c(F)cc(F)c(F)c3F)c2)c(OC)c1. The summed E-state index contributed by atoms with van der Waals surface area (Å²) in [6.07, 6.45) is 2.53. The molecular formula is C19H15F4N3O3. The summed E-state index contributed by atoms with van der Waals surface area (Å²) >= 11 is 0. The Morgan fingerprint density at radius 3 is 2.52 bits per heavy atom. The van der Waals surface area contributed by atoms with Crippen LogP contribution in [0.5, 0.6) is 11.5 Å². The van der Waals surface area contributed by atoms with Gasteiger partial charge in [-0.15, -0.1) is 0 Å². The van der Waals surface area contributed by atoms with Gasteiger partial charge in [0.2, 0.25) is 0 Å². The Labute approximate surface area is 162 Å². The van der Waals surface area contributed by atoms with Crippen molar-refractivity contribution >= 4 is 11.6 Å². The fourth-order valence-electron chi connectivity index (χ4n) is 2.61. The molecule has 0 atom stereocenters. The zero-order valence-corrected chi connectivity index (χ0v) is 15.3. The van der Waals surface area contributed by atoms with Crippen LogP contribution in [0.3, 0.4) is 0 Å². The van der Waals surface area contributed by atoms with Gasteiger partial charge in [0.15, 0.2) is 17.5 Å². The first-order valence-corrected chi connectivity index (χ1v) is 8.21. The number of halogens is 4. The normalized spacial score (nSPS) is 10.7. The Balaban J connectivity index is 1.78. The van der Waals surface area contributed by atoms with E-state index in [0.717, 1.165) is 4.68 Å². The van der Waals surface area contributed by atoms with Gasteiger partial charge in [-0.2, -0.15) is 5.10 Å². The summed E-state index contributed by atoms with van der Waals surface area (Å²) in [7, 11) is 2.87. The summed E-state index contributed by atoms with van der Waals surface area (Å²) in [6.45, 7) is -0.503. The molecule has 1 aromatic heterocycles. The molecule has 29 heavy (non-hydrogen) atoms. The van der Waals surface area contributed by atoms with Crippen molar-refractivity contribution in [1.29, 1.82) is 0 Å². The predicted molar refractivity (Wildman–Crippen MR) is 95.1 cm³/mol. The van der Waals surface area contributed by atoms with Crippen LogP contribution in [-0.4, -0.2) is 29.9 Å². The highest BCUT2D eigenvalue weighted by atomic mass is 19.2. The van der Waals surface area contributed by atoms with Gasteiger partial charge in [-0.25, -0.2) is 17.6 Å². The quantitative estimate of drug-likeness (QED) is 0.383. The van der Waals surface area contributed by atoms with Crippen LogP contribution >= 0.6 is 0 Å². The van der Waals surface area contributed by atoms with Gasteiger partial charge in [0.25, 0.3) is 5.91 Å². The van der Waals surface area contributed by atoms with Gasteiger partial charge in [0.05, 0.1) is 38.2 Å². The lowest BCUT2D eigenvalue weighted by molar-refractivity contribution is 0.102. The van der Waals surface area contributed by atoms with Crippen molar-refractivity contribution in [1.82, 2.24) is 9.78 Å². The summed E-state index contributed by atoms with van der Waals surface area (Å²) in [5.74, 6) is -6.01. The number of carbonyl (C=O) groups excluding carboxylic acids is 1. The molecular weight excluding hydrogens is 394 g/mol. The summed E-state index contributed by atoms with van der Waals surface area (Å²) < 4.78 is 65.3. The second-order valence-electron chi connectivity index (χ2n) is 5.89. The average molecular weight is 409 g/mol. The van der Waals surface area contributed by atoms with Crippen LogP contribution in [0.25, 0.3) is 0 Å². The number of rotatable bonds is 6. The Hall–Kier alpha value is -3.56. The largest absolute Gasteiger partial charge is 0.497 e. The van der Waals surface area contributed by atoms with E-state index in [1.54, 1.807) is 6.07 Å². The van der Waals surface area contributed by atoms with Crippen molar-refractivity contribution in [3.63, 3.8) is 0 Å². The molecule has 0 radical (unpaired) electrons. The number of benzene rings is 2. The second-order valence-corrected chi connectivity index (χ2v) is 5.89. The van der Waals surface area contributed by atoms with Crippen molar-refractivity contribution < 1.29 is 31.8 Å². The maximum atomic E-state index is 13.8. The summed E-state index contributed by atoms with van der Waals surface area (Å²) in [5, 5.41) is 6.43. The number of aromatic nitrogens is 2. The smallest absolute Gasteiger partial charge is 0.259 e. The van der Waals surface area contributed by atoms with E-state index >= 15 is 0 Å². The van der Waals surface area contributed by atoms with E-state index in [2.05, 4.69) is 10.4 Å². The lowest BCUT2D eigenvalue weighted by atomic mass is 10.1. The molecule has 152 valence electrons. The minimum absolute atomic E-state index is 0.219. The van der Waals surface area contributed by atoms with Crippen LogP contribution in [0, 0.1) is 23.3 Å². The first-order chi connectivity index (χ1) is 13.8. The molecule has 0 saturated carbocycles. The molecule has 0 unspecified atom stereocenters. The van der Waals surface area contributed by atoms with Crippen LogP contribution in [0.15, 0.2) is 36.7 Å². The van der Waals surface area contributed by atoms with Gasteiger partial charge >= 0.3 is 0 Å². The molecule has 0 aliphatic heterocycles. The number of hydrogen-bond donors (Lipinski definition) is 1. The zero-order valence-electron chi connectivity index (χ0n) is 15.3. The molecule has 1 heterocycles. The number of nitrogens with zero attached hydrogens (tertiary/aromatic N) is 2. The fourth-order valence-corrected chi connectivity index (χ4v) is 2.61. The number of amides is 1. The maximum absolute atomic E-state index is 13.8. The fraction of sp³-hybridized carbons (Fsp3) is 0.158. The van der Waals surface area contributed by atoms with Gasteiger partial charge < -0.3 is 14.8 Å². The van der Waals surface area contributed by atoms with Gasteiger partial charge in [-0.05, 0) is 12.1 Å². The number of ether oxygens (including phenoxy) is 2. The number of carbonyl (C=O) groups is 1. The van der Waals surface area contributed by atoms with Gasteiger partial charge in [-0.3, -0.25) is 9.48 Å². The molecule has 6 nitrogen and oxygen atoms in total. The van der Waals surface area contributed by atoms with Crippen LogP contribution in [0.1, 0.15) is 15.9 Å². The van der Waals surface area contributed by atoms with E-state index in [1.165, 1.54) is 38.7 Å². The molecule has 0 bridgehead atoms. The van der Waals surface area contributed by atoms with Crippen LogP contribution < -0.4 is 14.8 Å². The standard InChI is InChI=1S/C19H15F4N3O3/c1-28-11-3-4-12(16(5-11)29-2)19(27)25-10-7-24-26(8-10)9-13-14(20)6-15(21)18(23)17(13)22/h3-8H,9H2,1-2H3,(H,25,27). The molecule has 0 aliphatic rings. The van der Waals surface area contributed by atoms with Crippen molar-refractivity contribution in [2.75, 3.05) is 19.5 Å². The highest BCUT2D eigenvalue weighted by Crippen LogP contribution is 2.25. The summed E-state index contributed by atoms with van der Waals surface area (Å²) in [6, 6.07) is 4.88. The highest BCUT2D eigenvalue weighted by molar-refractivity contribution is 6.06. The highest BCUT2D eigenvalue weighted by Gasteiger charge is 2.20. The third-order valence-corrected chi connectivity index (χ3v) is 4.07. The predicted octanol–water partition coefficient (Wildman–Crippen LogP) is 3.76. The van der Waals surface area contributed by atoms with Gasteiger partial charge in [0, 0.05) is 23.9 Å². The Bertz CT molecular complexity index is 1070. The average Bonchev–Trinajstić information content (AvgIpc) is 3.15. The molecule has 3 rings (SSSR count). The van der Waals surface area contributed by atoms with E-state index in [4.69, 9.17) is 9.47 Å². The van der Waals surface area contributed by atoms with E-state index in [0.29, 0.717) is 5.75 Å². The molecule has 0 fully saturated rings. The Morgan fingerprint density at radius 2 is 1.83 bits per heavy atom. The topological polar surface area (TPSA) is 65.4 Å². The van der Waals surface area contributed by atoms with Gasteiger partial charge in [0.1, 0.15) is 17.3 Å². The third kappa shape index (κ3) is 4.15. The zero-order chi connectivity index (χ0) is 21.1. The molecule has 10 heteroatoms. The van der Waals surface area contributed by atoms with Crippen LogP contribution in [0.4, 0.5) is 23.2 Å². The first-order valence-electron chi connectivity index (χ1n) is 8.21. The van der Waals surface area contributed by atoms with E-state index in [1.807, 2.05) is 0 Å². The van der Waals surface area contributed by atoms with Crippen molar-refractivity contribution in [3.8, 4) is 11.5 Å². The summed E-state index contributed by atoms with van der Waals surface area (Å²) in [4.78, 5) is 12.5. The summed E-state index contributed by atoms with van der Waals surface area (Å²) in [5.41, 5.74) is -0.253. The molecule has 3 aromatic rings. The molecule has 0 aliphatic carbocycles. The van der Waals surface area contributed by atoms with Crippen LogP contribution in [-0.2, 0) is 6.54 Å². The lowest BCUT2D eigenvalue weighted by Crippen LogP contribution is -2.13. The number of anilines is 1. The minimum atomic E-state index is -1.77. The van der Waals surface area contributed by atoms with Crippen molar-refractivity contribution in [2.45, 2.75) is 6.54 Å².